The first-order chi connectivity index (χ1) is 30.3. The molecule has 18 atom stereocenters. The average molecular weight is 911 g/mol. The Bertz CT molecular complexity index is 1780. The third-order valence-corrected chi connectivity index (χ3v) is 14.1. The van der Waals surface area contributed by atoms with Gasteiger partial charge in [0.15, 0.2) is 61.4 Å². The quantitative estimate of drug-likeness (QED) is 0.155. The van der Waals surface area contributed by atoms with Crippen molar-refractivity contribution in [3.8, 4) is 0 Å². The van der Waals surface area contributed by atoms with Crippen molar-refractivity contribution in [1.29, 1.82) is 0 Å². The van der Waals surface area contributed by atoms with Crippen LogP contribution in [0.3, 0.4) is 0 Å². The molecule has 0 aromatic rings. The molecular weight excluding hydrogens is 848 g/mol. The van der Waals surface area contributed by atoms with Crippen LogP contribution in [0.5, 0.6) is 0 Å². The Morgan fingerprint density at radius 1 is 0.469 bits per heavy atom. The smallest absolute Gasteiger partial charge is 0.339 e. The standard InChI is InChI=1S/C44H62O20/c1-19(45)55-32-34(57-21(3)47)38(59-23(5)49)42(63-36(32)40(51)53-8)61-26-11-13-27-25(18-26)10-12-29-28(27)16-17-44(7)30(29)14-15-31(44)62-43-39(60-24(6)50)35(58-22(4)48)33(56-20(2)46)37(64-43)41(52)54-9/h25-39,42-43H,10-18H2,1-9H3/t25-,26-,27-,28+,29+,30-,31+,32-,33-,34-,35-,36-,37-,38+,39+,42+,43+,44-/m0/s1. The minimum atomic E-state index is -1.55. The first kappa shape index (κ1) is 49.0. The van der Waals surface area contributed by atoms with Gasteiger partial charge in [-0.3, -0.25) is 28.8 Å². The molecule has 0 bridgehead atoms. The second-order valence-electron chi connectivity index (χ2n) is 18.1. The Balaban J connectivity index is 1.16. The predicted molar refractivity (Wildman–Crippen MR) is 212 cm³/mol. The number of rotatable bonds is 12. The molecule has 2 saturated heterocycles. The summed E-state index contributed by atoms with van der Waals surface area (Å²) in [5.74, 6) is -4.62. The van der Waals surface area contributed by atoms with Crippen LogP contribution in [0.4, 0.5) is 0 Å². The Morgan fingerprint density at radius 2 is 0.906 bits per heavy atom. The van der Waals surface area contributed by atoms with Gasteiger partial charge in [-0.15, -0.1) is 0 Å². The molecular formula is C44H62O20. The third kappa shape index (κ3) is 10.5. The number of hydrogen-bond donors (Lipinski definition) is 0. The van der Waals surface area contributed by atoms with Crippen molar-refractivity contribution in [2.45, 2.75) is 180 Å². The monoisotopic (exact) mass is 910 g/mol. The predicted octanol–water partition coefficient (Wildman–Crippen LogP) is 2.80. The minimum Gasteiger partial charge on any atom is -0.467 e. The lowest BCUT2D eigenvalue weighted by Gasteiger charge is -2.56. The highest BCUT2D eigenvalue weighted by Crippen LogP contribution is 2.63. The largest absolute Gasteiger partial charge is 0.467 e. The van der Waals surface area contributed by atoms with E-state index in [0.29, 0.717) is 42.9 Å². The van der Waals surface area contributed by atoms with Gasteiger partial charge in [-0.05, 0) is 92.8 Å². The van der Waals surface area contributed by atoms with Crippen molar-refractivity contribution in [3.05, 3.63) is 0 Å². The van der Waals surface area contributed by atoms with E-state index in [1.807, 2.05) is 0 Å². The number of ether oxygens (including phenoxy) is 12. The minimum absolute atomic E-state index is 0.273. The van der Waals surface area contributed by atoms with Crippen LogP contribution in [0.2, 0.25) is 0 Å². The highest BCUT2D eigenvalue weighted by molar-refractivity contribution is 5.78. The Kier molecular flexibility index (Phi) is 15.6. The molecule has 64 heavy (non-hydrogen) atoms. The maximum atomic E-state index is 13.1. The number of fused-ring (bicyclic) bond motifs is 5. The summed E-state index contributed by atoms with van der Waals surface area (Å²) in [5.41, 5.74) is -0.328. The second-order valence-corrected chi connectivity index (χ2v) is 18.1. The summed E-state index contributed by atoms with van der Waals surface area (Å²) in [6, 6.07) is 0. The van der Waals surface area contributed by atoms with E-state index in [2.05, 4.69) is 6.92 Å². The van der Waals surface area contributed by atoms with E-state index in [4.69, 9.17) is 56.8 Å². The molecule has 6 rings (SSSR count). The summed E-state index contributed by atoms with van der Waals surface area (Å²) in [6.45, 7) is 9.06. The summed E-state index contributed by atoms with van der Waals surface area (Å²) < 4.78 is 68.5. The lowest BCUT2D eigenvalue weighted by molar-refractivity contribution is -0.318. The molecule has 358 valence electrons. The van der Waals surface area contributed by atoms with Crippen LogP contribution >= 0.6 is 0 Å². The fourth-order valence-electron chi connectivity index (χ4n) is 11.8. The summed E-state index contributed by atoms with van der Waals surface area (Å²) >= 11 is 0. The van der Waals surface area contributed by atoms with Crippen LogP contribution in [0.25, 0.3) is 0 Å². The fraction of sp³-hybridized carbons (Fsp3) is 0.818. The van der Waals surface area contributed by atoms with E-state index < -0.39 is 115 Å². The SMILES string of the molecule is COC(=O)[C@H]1O[C@@H](O[C@H]2CC[C@H]3[C@@H](CC[C@@H]4[C@@H]3CC[C@]3(C)[C@H](O[C@@H]5O[C@H](C(=O)OC)[C@@H](OC(C)=O)[C@H](OC(C)=O)[C@H]5OC(C)=O)CC[C@@H]43)C2)[C@H](OC(C)=O)[C@@H](OC(C)=O)[C@@H]1OC(C)=O. The first-order valence-electron chi connectivity index (χ1n) is 22.1. The normalized spacial score (nSPS) is 40.1. The molecule has 6 fully saturated rings. The van der Waals surface area contributed by atoms with Crippen molar-refractivity contribution in [2.75, 3.05) is 14.2 Å². The molecule has 20 nitrogen and oxygen atoms in total. The van der Waals surface area contributed by atoms with Gasteiger partial charge in [-0.1, -0.05) is 6.92 Å². The van der Waals surface area contributed by atoms with Crippen molar-refractivity contribution < 1.29 is 95.2 Å². The van der Waals surface area contributed by atoms with Crippen LogP contribution in [-0.4, -0.2) is 136 Å². The van der Waals surface area contributed by atoms with E-state index in [9.17, 15) is 38.4 Å². The fourth-order valence-corrected chi connectivity index (χ4v) is 11.8. The molecule has 2 aliphatic heterocycles. The molecule has 0 radical (unpaired) electrons. The average Bonchev–Trinajstić information content (AvgIpc) is 3.55. The molecule has 6 aliphatic rings. The summed E-state index contributed by atoms with van der Waals surface area (Å²) in [5, 5.41) is 0. The van der Waals surface area contributed by atoms with Crippen LogP contribution in [-0.2, 0) is 95.2 Å². The molecule has 0 aromatic heterocycles. The Hall–Kier alpha value is -4.40. The van der Waals surface area contributed by atoms with Gasteiger partial charge in [0.1, 0.15) is 0 Å². The summed E-state index contributed by atoms with van der Waals surface area (Å²) in [6.07, 6.45) is -7.94. The highest BCUT2D eigenvalue weighted by Gasteiger charge is 2.62. The van der Waals surface area contributed by atoms with Gasteiger partial charge in [-0.25, -0.2) is 9.59 Å². The summed E-state index contributed by atoms with van der Waals surface area (Å²) in [7, 11) is 2.27. The highest BCUT2D eigenvalue weighted by atomic mass is 16.8. The molecule has 0 spiro atoms. The van der Waals surface area contributed by atoms with Crippen LogP contribution < -0.4 is 0 Å². The van der Waals surface area contributed by atoms with Gasteiger partial charge in [-0.2, -0.15) is 0 Å². The topological polar surface area (TPSA) is 247 Å². The van der Waals surface area contributed by atoms with Gasteiger partial charge in [0.2, 0.25) is 0 Å². The number of carbonyl (C=O) groups is 8. The van der Waals surface area contributed by atoms with Gasteiger partial charge in [0, 0.05) is 41.5 Å². The second kappa shape index (κ2) is 20.4. The maximum absolute atomic E-state index is 13.1. The molecule has 0 aromatic carbocycles. The number of carbonyl (C=O) groups excluding carboxylic acids is 8. The molecule has 0 N–H and O–H groups in total. The Labute approximate surface area is 371 Å². The molecule has 4 aliphatic carbocycles. The van der Waals surface area contributed by atoms with Gasteiger partial charge < -0.3 is 56.8 Å². The van der Waals surface area contributed by atoms with E-state index in [1.165, 1.54) is 13.8 Å². The van der Waals surface area contributed by atoms with E-state index in [1.54, 1.807) is 0 Å². The lowest BCUT2D eigenvalue weighted by atomic mass is 9.50. The maximum Gasteiger partial charge on any atom is 0.339 e. The third-order valence-electron chi connectivity index (χ3n) is 14.1. The van der Waals surface area contributed by atoms with Crippen LogP contribution in [0.15, 0.2) is 0 Å². The Morgan fingerprint density at radius 3 is 1.38 bits per heavy atom. The van der Waals surface area contributed by atoms with Crippen molar-refractivity contribution in [3.63, 3.8) is 0 Å². The lowest BCUT2D eigenvalue weighted by Crippen LogP contribution is -2.64. The molecule has 2 heterocycles. The number of esters is 8. The zero-order chi connectivity index (χ0) is 46.8. The van der Waals surface area contributed by atoms with Crippen molar-refractivity contribution in [2.24, 2.45) is 35.0 Å². The van der Waals surface area contributed by atoms with Gasteiger partial charge >= 0.3 is 47.8 Å². The van der Waals surface area contributed by atoms with Gasteiger partial charge in [0.25, 0.3) is 0 Å². The molecule has 4 saturated carbocycles. The van der Waals surface area contributed by atoms with E-state index in [0.717, 1.165) is 80.4 Å². The number of hydrogen-bond acceptors (Lipinski definition) is 20. The molecule has 0 amide bonds. The van der Waals surface area contributed by atoms with Crippen LogP contribution in [0.1, 0.15) is 106 Å². The van der Waals surface area contributed by atoms with Crippen molar-refractivity contribution in [1.82, 2.24) is 0 Å². The number of methoxy groups -OCH3 is 2. The first-order valence-corrected chi connectivity index (χ1v) is 22.1. The molecule has 20 heteroatoms. The molecule has 0 unspecified atom stereocenters. The van der Waals surface area contributed by atoms with Crippen molar-refractivity contribution >= 4 is 47.8 Å². The van der Waals surface area contributed by atoms with Crippen LogP contribution in [0, 0.1) is 35.0 Å². The summed E-state index contributed by atoms with van der Waals surface area (Å²) in [4.78, 5) is 99.8. The van der Waals surface area contributed by atoms with E-state index in [-0.39, 0.29) is 17.4 Å². The van der Waals surface area contributed by atoms with Gasteiger partial charge in [0.05, 0.1) is 26.4 Å². The zero-order valence-electron chi connectivity index (χ0n) is 37.8. The zero-order valence-corrected chi connectivity index (χ0v) is 37.8. The van der Waals surface area contributed by atoms with E-state index >= 15 is 0 Å².